The highest BCUT2D eigenvalue weighted by atomic mass is 19.1. The molecule has 0 amide bonds. The number of nitrogens with zero attached hydrogens (tertiary/aromatic N) is 1. The highest BCUT2D eigenvalue weighted by molar-refractivity contribution is 5.81. The number of allylic oxidation sites excluding steroid dienone is 1. The second-order valence-electron chi connectivity index (χ2n) is 2.63. The van der Waals surface area contributed by atoms with Crippen LogP contribution < -0.4 is 0 Å². The lowest BCUT2D eigenvalue weighted by Gasteiger charge is -1.99. The molecule has 3 heteroatoms. The Morgan fingerprint density at radius 2 is 2.29 bits per heavy atom. The van der Waals surface area contributed by atoms with Crippen LogP contribution in [-0.4, -0.2) is 6.29 Å². The molecule has 0 aliphatic heterocycles. The molecule has 0 spiro atoms. The Hall–Kier alpha value is -1.95. The smallest absolute Gasteiger partial charge is 0.150 e. The molecule has 0 unspecified atom stereocenters. The monoisotopic (exact) mass is 189 g/mol. The van der Waals surface area contributed by atoms with Crippen LogP contribution in [0.25, 0.3) is 6.08 Å². The normalized spacial score (nSPS) is 10.0. The average Bonchev–Trinajstić information content (AvgIpc) is 2.20. The molecule has 0 heterocycles. The fourth-order valence-corrected chi connectivity index (χ4v) is 1.06. The molecule has 0 N–H and O–H groups in total. The predicted molar refractivity (Wildman–Crippen MR) is 51.1 cm³/mol. The summed E-state index contributed by atoms with van der Waals surface area (Å²) in [5, 5.41) is 8.28. The molecule has 0 aromatic heterocycles. The van der Waals surface area contributed by atoms with Crippen LogP contribution in [0.15, 0.2) is 24.3 Å². The van der Waals surface area contributed by atoms with Gasteiger partial charge in [0, 0.05) is 11.1 Å². The van der Waals surface area contributed by atoms with Gasteiger partial charge in [0.2, 0.25) is 0 Å². The van der Waals surface area contributed by atoms with Crippen LogP contribution in [0, 0.1) is 17.1 Å². The Morgan fingerprint density at radius 3 is 2.93 bits per heavy atom. The van der Waals surface area contributed by atoms with Gasteiger partial charge in [-0.25, -0.2) is 4.39 Å². The van der Waals surface area contributed by atoms with E-state index in [2.05, 4.69) is 0 Å². The highest BCUT2D eigenvalue weighted by Crippen LogP contribution is 2.13. The summed E-state index contributed by atoms with van der Waals surface area (Å²) in [6, 6.07) is 6.18. The first-order valence-corrected chi connectivity index (χ1v) is 4.06. The summed E-state index contributed by atoms with van der Waals surface area (Å²) in [5.74, 6) is -0.455. The topological polar surface area (TPSA) is 40.9 Å². The molecule has 1 rings (SSSR count). The second-order valence-corrected chi connectivity index (χ2v) is 2.63. The summed E-state index contributed by atoms with van der Waals surface area (Å²) < 4.78 is 13.2. The van der Waals surface area contributed by atoms with Crippen LogP contribution in [0.1, 0.15) is 22.3 Å². The summed E-state index contributed by atoms with van der Waals surface area (Å²) in [7, 11) is 0. The summed E-state index contributed by atoms with van der Waals surface area (Å²) >= 11 is 0. The minimum Gasteiger partial charge on any atom is -0.298 e. The van der Waals surface area contributed by atoms with E-state index in [-0.39, 0.29) is 12.0 Å². The third kappa shape index (κ3) is 2.27. The van der Waals surface area contributed by atoms with Gasteiger partial charge >= 0.3 is 0 Å². The molecular formula is C11H8FNO. The quantitative estimate of drug-likeness (QED) is 0.685. The fraction of sp³-hybridized carbons (Fsp3) is 0.0909. The SMILES string of the molecule is N#CCC=Cc1c(F)cccc1C=O. The van der Waals surface area contributed by atoms with Crippen molar-refractivity contribution in [2.75, 3.05) is 0 Å². The number of hydrogen-bond acceptors (Lipinski definition) is 2. The maximum absolute atomic E-state index is 13.2. The number of carbonyl (C=O) groups excluding carboxylic acids is 1. The molecule has 0 saturated carbocycles. The zero-order chi connectivity index (χ0) is 10.4. The van der Waals surface area contributed by atoms with E-state index in [1.54, 1.807) is 0 Å². The van der Waals surface area contributed by atoms with Gasteiger partial charge in [-0.05, 0) is 6.07 Å². The number of nitriles is 1. The van der Waals surface area contributed by atoms with Gasteiger partial charge in [-0.1, -0.05) is 24.3 Å². The van der Waals surface area contributed by atoms with Crippen LogP contribution in [0.4, 0.5) is 4.39 Å². The molecule has 14 heavy (non-hydrogen) atoms. The summed E-state index contributed by atoms with van der Waals surface area (Å²) in [6.07, 6.45) is 3.76. The highest BCUT2D eigenvalue weighted by Gasteiger charge is 2.03. The van der Waals surface area contributed by atoms with E-state index in [1.807, 2.05) is 6.07 Å². The minimum absolute atomic E-state index is 0.201. The Kier molecular flexibility index (Phi) is 3.57. The molecule has 0 saturated heterocycles. The number of carbonyl (C=O) groups is 1. The van der Waals surface area contributed by atoms with E-state index < -0.39 is 5.82 Å². The van der Waals surface area contributed by atoms with Crippen molar-refractivity contribution in [1.82, 2.24) is 0 Å². The zero-order valence-electron chi connectivity index (χ0n) is 7.40. The summed E-state index contributed by atoms with van der Waals surface area (Å²) in [4.78, 5) is 10.5. The standard InChI is InChI=1S/C11H8FNO/c12-11-6-3-4-9(8-14)10(11)5-1-2-7-13/h1,3-6,8H,2H2. The van der Waals surface area contributed by atoms with E-state index in [0.717, 1.165) is 0 Å². The van der Waals surface area contributed by atoms with Crippen molar-refractivity contribution in [3.8, 4) is 6.07 Å². The molecule has 0 atom stereocenters. The van der Waals surface area contributed by atoms with Crippen molar-refractivity contribution >= 4 is 12.4 Å². The lowest BCUT2D eigenvalue weighted by Crippen LogP contribution is -1.90. The Morgan fingerprint density at radius 1 is 1.50 bits per heavy atom. The second kappa shape index (κ2) is 4.93. The van der Waals surface area contributed by atoms with E-state index in [1.165, 1.54) is 30.4 Å². The van der Waals surface area contributed by atoms with Crippen molar-refractivity contribution in [2.45, 2.75) is 6.42 Å². The average molecular weight is 189 g/mol. The fourth-order valence-electron chi connectivity index (χ4n) is 1.06. The number of hydrogen-bond donors (Lipinski definition) is 0. The third-order valence-electron chi connectivity index (χ3n) is 1.71. The van der Waals surface area contributed by atoms with Gasteiger partial charge in [-0.3, -0.25) is 4.79 Å². The van der Waals surface area contributed by atoms with Crippen molar-refractivity contribution in [3.63, 3.8) is 0 Å². The first-order chi connectivity index (χ1) is 6.79. The van der Waals surface area contributed by atoms with Crippen LogP contribution in [0.2, 0.25) is 0 Å². The molecule has 1 aromatic carbocycles. The summed E-state index contributed by atoms with van der Waals surface area (Å²) in [6.45, 7) is 0. The van der Waals surface area contributed by atoms with Gasteiger partial charge in [-0.2, -0.15) is 5.26 Å². The Balaban J connectivity index is 3.06. The largest absolute Gasteiger partial charge is 0.298 e. The first kappa shape index (κ1) is 10.1. The maximum atomic E-state index is 13.2. The van der Waals surface area contributed by atoms with E-state index >= 15 is 0 Å². The van der Waals surface area contributed by atoms with Crippen LogP contribution in [-0.2, 0) is 0 Å². The molecule has 1 aromatic rings. The van der Waals surface area contributed by atoms with Gasteiger partial charge in [-0.15, -0.1) is 0 Å². The van der Waals surface area contributed by atoms with E-state index in [0.29, 0.717) is 11.8 Å². The molecule has 2 nitrogen and oxygen atoms in total. The van der Waals surface area contributed by atoms with Crippen molar-refractivity contribution in [3.05, 3.63) is 41.2 Å². The molecular weight excluding hydrogens is 181 g/mol. The van der Waals surface area contributed by atoms with Crippen LogP contribution >= 0.6 is 0 Å². The molecule has 70 valence electrons. The lowest BCUT2D eigenvalue weighted by molar-refractivity contribution is 0.112. The first-order valence-electron chi connectivity index (χ1n) is 4.06. The van der Waals surface area contributed by atoms with Gasteiger partial charge in [0.1, 0.15) is 5.82 Å². The summed E-state index contributed by atoms with van der Waals surface area (Å²) in [5.41, 5.74) is 0.525. The van der Waals surface area contributed by atoms with Gasteiger partial charge in [0.15, 0.2) is 6.29 Å². The number of aldehydes is 1. The Bertz CT molecular complexity index is 404. The molecule has 0 fully saturated rings. The van der Waals surface area contributed by atoms with Crippen molar-refractivity contribution < 1.29 is 9.18 Å². The number of benzene rings is 1. The van der Waals surface area contributed by atoms with Crippen molar-refractivity contribution in [1.29, 1.82) is 5.26 Å². The minimum atomic E-state index is -0.455. The molecule has 0 aliphatic rings. The third-order valence-corrected chi connectivity index (χ3v) is 1.71. The van der Waals surface area contributed by atoms with Gasteiger partial charge < -0.3 is 0 Å². The molecule has 0 bridgehead atoms. The van der Waals surface area contributed by atoms with Crippen LogP contribution in [0.5, 0.6) is 0 Å². The van der Waals surface area contributed by atoms with E-state index in [4.69, 9.17) is 5.26 Å². The Labute approximate surface area is 81.3 Å². The predicted octanol–water partition coefficient (Wildman–Crippen LogP) is 2.57. The van der Waals surface area contributed by atoms with Crippen LogP contribution in [0.3, 0.4) is 0 Å². The van der Waals surface area contributed by atoms with Crippen molar-refractivity contribution in [2.24, 2.45) is 0 Å². The number of rotatable bonds is 3. The molecule has 0 radical (unpaired) electrons. The number of halogens is 1. The molecule has 0 aliphatic carbocycles. The zero-order valence-corrected chi connectivity index (χ0v) is 7.40. The maximum Gasteiger partial charge on any atom is 0.150 e. The lowest BCUT2D eigenvalue weighted by atomic mass is 10.1. The van der Waals surface area contributed by atoms with Gasteiger partial charge in [0.05, 0.1) is 12.5 Å². The van der Waals surface area contributed by atoms with E-state index in [9.17, 15) is 9.18 Å². The van der Waals surface area contributed by atoms with Gasteiger partial charge in [0.25, 0.3) is 0 Å².